The van der Waals surface area contributed by atoms with Crippen LogP contribution in [0.2, 0.25) is 0 Å². The molecule has 13 heavy (non-hydrogen) atoms. The number of benzene rings is 1. The standard InChI is InChI=1S/C8H9BrN4/c1-5-7-4-6(9)2-3-8(7)13(11-5)12-10/h2-4,12H,10H2,1H3. The third kappa shape index (κ3) is 1.30. The molecule has 0 saturated carbocycles. The van der Waals surface area contributed by atoms with E-state index < -0.39 is 0 Å². The first-order chi connectivity index (χ1) is 6.22. The molecule has 0 fully saturated rings. The van der Waals surface area contributed by atoms with Crippen LogP contribution in [0.4, 0.5) is 0 Å². The molecule has 0 bridgehead atoms. The molecule has 3 N–H and O–H groups in total. The molecule has 2 rings (SSSR count). The van der Waals surface area contributed by atoms with Gasteiger partial charge in [-0.15, -0.1) is 0 Å². The number of nitrogens with zero attached hydrogens (tertiary/aromatic N) is 2. The average Bonchev–Trinajstić information content (AvgIpc) is 2.43. The Kier molecular flexibility index (Phi) is 1.97. The molecule has 0 aliphatic rings. The smallest absolute Gasteiger partial charge is 0.0936 e. The molecule has 5 heteroatoms. The van der Waals surface area contributed by atoms with Crippen molar-refractivity contribution in [3.63, 3.8) is 0 Å². The van der Waals surface area contributed by atoms with Crippen LogP contribution in [-0.4, -0.2) is 9.89 Å². The van der Waals surface area contributed by atoms with Crippen molar-refractivity contribution in [3.05, 3.63) is 28.4 Å². The zero-order chi connectivity index (χ0) is 9.42. The Bertz CT molecular complexity index is 449. The predicted molar refractivity (Wildman–Crippen MR) is 55.7 cm³/mol. The molecule has 1 heterocycles. The van der Waals surface area contributed by atoms with Gasteiger partial charge in [0.1, 0.15) is 0 Å². The summed E-state index contributed by atoms with van der Waals surface area (Å²) in [6.45, 7) is 1.95. The average molecular weight is 241 g/mol. The van der Waals surface area contributed by atoms with Gasteiger partial charge >= 0.3 is 0 Å². The zero-order valence-electron chi connectivity index (χ0n) is 7.08. The molecule has 0 radical (unpaired) electrons. The summed E-state index contributed by atoms with van der Waals surface area (Å²) in [5, 5.41) is 5.30. The molecule has 0 aliphatic carbocycles. The number of nitrogen functional groups attached to an aromatic ring is 1. The Morgan fingerprint density at radius 2 is 2.31 bits per heavy atom. The Morgan fingerprint density at radius 3 is 3.00 bits per heavy atom. The molecule has 0 atom stereocenters. The first-order valence-corrected chi connectivity index (χ1v) is 4.63. The molecule has 0 amide bonds. The van der Waals surface area contributed by atoms with Gasteiger partial charge in [-0.05, 0) is 25.1 Å². The minimum atomic E-state index is 0.953. The summed E-state index contributed by atoms with van der Waals surface area (Å²) < 4.78 is 1.04. The SMILES string of the molecule is Cc1nn(NN)c2ccc(Br)cc12. The number of hydrogen-bond donors (Lipinski definition) is 2. The summed E-state index contributed by atoms with van der Waals surface area (Å²) in [5.41, 5.74) is 4.43. The van der Waals surface area contributed by atoms with Crippen LogP contribution in [0.15, 0.2) is 22.7 Å². The van der Waals surface area contributed by atoms with Gasteiger partial charge in [0.2, 0.25) is 0 Å². The fraction of sp³-hybridized carbons (Fsp3) is 0.125. The molecule has 2 aromatic rings. The lowest BCUT2D eigenvalue weighted by atomic mass is 10.2. The highest BCUT2D eigenvalue weighted by molar-refractivity contribution is 9.10. The molecule has 0 saturated heterocycles. The minimum Gasteiger partial charge on any atom is -0.245 e. The number of fused-ring (bicyclic) bond motifs is 1. The van der Waals surface area contributed by atoms with Crippen molar-refractivity contribution in [2.24, 2.45) is 5.84 Å². The van der Waals surface area contributed by atoms with Crippen LogP contribution < -0.4 is 11.4 Å². The highest BCUT2D eigenvalue weighted by atomic mass is 79.9. The molecule has 0 aliphatic heterocycles. The Hall–Kier alpha value is -1.07. The van der Waals surface area contributed by atoms with Gasteiger partial charge in [-0.25, -0.2) is 11.4 Å². The molecule has 4 nitrogen and oxygen atoms in total. The van der Waals surface area contributed by atoms with E-state index in [2.05, 4.69) is 26.6 Å². The molecular formula is C8H9BrN4. The van der Waals surface area contributed by atoms with Crippen LogP contribution in [0, 0.1) is 6.92 Å². The van der Waals surface area contributed by atoms with Crippen molar-refractivity contribution >= 4 is 26.8 Å². The second-order valence-electron chi connectivity index (χ2n) is 2.79. The fourth-order valence-electron chi connectivity index (χ4n) is 1.34. The van der Waals surface area contributed by atoms with Crippen molar-refractivity contribution < 1.29 is 0 Å². The summed E-state index contributed by atoms with van der Waals surface area (Å²) in [6.07, 6.45) is 0. The maximum absolute atomic E-state index is 5.31. The number of hydrazine groups is 1. The van der Waals surface area contributed by atoms with Crippen LogP contribution in [0.5, 0.6) is 0 Å². The van der Waals surface area contributed by atoms with Crippen LogP contribution >= 0.6 is 15.9 Å². The number of nitrogens with one attached hydrogen (secondary N) is 1. The maximum atomic E-state index is 5.31. The van der Waals surface area contributed by atoms with Crippen molar-refractivity contribution in [2.75, 3.05) is 5.53 Å². The molecule has 0 unspecified atom stereocenters. The van der Waals surface area contributed by atoms with Crippen LogP contribution in [0.3, 0.4) is 0 Å². The molecule has 1 aromatic carbocycles. The monoisotopic (exact) mass is 240 g/mol. The topological polar surface area (TPSA) is 55.9 Å². The summed E-state index contributed by atoms with van der Waals surface area (Å²) in [5.74, 6) is 5.31. The Labute approximate surface area is 83.8 Å². The van der Waals surface area contributed by atoms with Crippen LogP contribution in [0.25, 0.3) is 10.9 Å². The van der Waals surface area contributed by atoms with E-state index in [9.17, 15) is 0 Å². The third-order valence-electron chi connectivity index (χ3n) is 1.95. The molecule has 0 spiro atoms. The predicted octanol–water partition coefficient (Wildman–Crippen LogP) is 1.52. The van der Waals surface area contributed by atoms with E-state index in [4.69, 9.17) is 5.84 Å². The van der Waals surface area contributed by atoms with Gasteiger partial charge in [-0.1, -0.05) is 15.9 Å². The van der Waals surface area contributed by atoms with Gasteiger partial charge in [-0.2, -0.15) is 9.89 Å². The Morgan fingerprint density at radius 1 is 1.54 bits per heavy atom. The summed E-state index contributed by atoms with van der Waals surface area (Å²) in [4.78, 5) is 1.55. The quantitative estimate of drug-likeness (QED) is 0.588. The van der Waals surface area contributed by atoms with Crippen LogP contribution in [0.1, 0.15) is 5.69 Å². The summed E-state index contributed by atoms with van der Waals surface area (Å²) in [6, 6.07) is 5.93. The molecule has 68 valence electrons. The number of halogens is 1. The zero-order valence-corrected chi connectivity index (χ0v) is 8.67. The van der Waals surface area contributed by atoms with Gasteiger partial charge in [-0.3, -0.25) is 0 Å². The van der Waals surface area contributed by atoms with E-state index in [0.29, 0.717) is 0 Å². The van der Waals surface area contributed by atoms with E-state index in [0.717, 1.165) is 21.1 Å². The van der Waals surface area contributed by atoms with Crippen molar-refractivity contribution in [2.45, 2.75) is 6.92 Å². The van der Waals surface area contributed by atoms with E-state index in [-0.39, 0.29) is 0 Å². The lowest BCUT2D eigenvalue weighted by Crippen LogP contribution is -2.22. The normalized spacial score (nSPS) is 10.7. The second-order valence-corrected chi connectivity index (χ2v) is 3.70. The first kappa shape index (κ1) is 8.52. The van der Waals surface area contributed by atoms with E-state index in [1.165, 1.54) is 0 Å². The largest absolute Gasteiger partial charge is 0.245 e. The molecule has 1 aromatic heterocycles. The highest BCUT2D eigenvalue weighted by Crippen LogP contribution is 2.21. The fourth-order valence-corrected chi connectivity index (χ4v) is 1.70. The van der Waals surface area contributed by atoms with Gasteiger partial charge in [0.15, 0.2) is 0 Å². The summed E-state index contributed by atoms with van der Waals surface area (Å²) in [7, 11) is 0. The van der Waals surface area contributed by atoms with Crippen molar-refractivity contribution in [1.82, 2.24) is 9.89 Å². The molecular weight excluding hydrogens is 232 g/mol. The van der Waals surface area contributed by atoms with E-state index in [1.807, 2.05) is 25.1 Å². The second kappa shape index (κ2) is 3.01. The van der Waals surface area contributed by atoms with Crippen LogP contribution in [-0.2, 0) is 0 Å². The number of nitrogens with two attached hydrogens (primary N) is 1. The number of aromatic nitrogens is 2. The summed E-state index contributed by atoms with van der Waals surface area (Å²) >= 11 is 3.41. The minimum absolute atomic E-state index is 0.953. The number of hydrogen-bond acceptors (Lipinski definition) is 3. The lowest BCUT2D eigenvalue weighted by molar-refractivity contribution is 0.768. The van der Waals surface area contributed by atoms with E-state index >= 15 is 0 Å². The number of aryl methyl sites for hydroxylation is 1. The van der Waals surface area contributed by atoms with Gasteiger partial charge in [0.25, 0.3) is 0 Å². The first-order valence-electron chi connectivity index (χ1n) is 3.84. The number of rotatable bonds is 1. The maximum Gasteiger partial charge on any atom is 0.0936 e. The van der Waals surface area contributed by atoms with Crippen molar-refractivity contribution in [3.8, 4) is 0 Å². The van der Waals surface area contributed by atoms with Gasteiger partial charge in [0, 0.05) is 9.86 Å². The lowest BCUT2D eigenvalue weighted by Gasteiger charge is -1.99. The third-order valence-corrected chi connectivity index (χ3v) is 2.44. The highest BCUT2D eigenvalue weighted by Gasteiger charge is 2.05. The Balaban J connectivity index is 2.80. The van der Waals surface area contributed by atoms with E-state index in [1.54, 1.807) is 4.79 Å². The van der Waals surface area contributed by atoms with Gasteiger partial charge in [0.05, 0.1) is 11.2 Å². The van der Waals surface area contributed by atoms with Gasteiger partial charge < -0.3 is 0 Å². The van der Waals surface area contributed by atoms with Crippen molar-refractivity contribution in [1.29, 1.82) is 0 Å².